The third kappa shape index (κ3) is 1.88. The highest BCUT2D eigenvalue weighted by molar-refractivity contribution is 5.35. The Balaban J connectivity index is 1.98. The van der Waals surface area contributed by atoms with Crippen LogP contribution in [0, 0.1) is 10.1 Å². The zero-order valence-corrected chi connectivity index (χ0v) is 9.59. The molecule has 0 aliphatic carbocycles. The minimum atomic E-state index is -0.629. The summed E-state index contributed by atoms with van der Waals surface area (Å²) < 4.78 is 7.57. The van der Waals surface area contributed by atoms with Gasteiger partial charge in [-0.1, -0.05) is 6.07 Å². The van der Waals surface area contributed by atoms with Crippen molar-refractivity contribution in [2.24, 2.45) is 0 Å². The number of hydrogen-bond acceptors (Lipinski definition) is 5. The van der Waals surface area contributed by atoms with Gasteiger partial charge in [0.2, 0.25) is 0 Å². The van der Waals surface area contributed by atoms with E-state index in [1.807, 2.05) is 0 Å². The highest BCUT2D eigenvalue weighted by Crippen LogP contribution is 2.15. The van der Waals surface area contributed by atoms with Crippen molar-refractivity contribution in [1.29, 1.82) is 0 Å². The van der Waals surface area contributed by atoms with E-state index < -0.39 is 4.92 Å². The number of furan rings is 1. The minimum absolute atomic E-state index is 0.0500. The highest BCUT2D eigenvalue weighted by Gasteiger charge is 2.14. The lowest BCUT2D eigenvalue weighted by atomic mass is 10.4. The molecule has 0 N–H and O–H groups in total. The number of aromatic nitrogens is 3. The standard InChI is InChI=1S/C11H8N4O4/c16-11-13-6-2-1-3-9(13)12-14(11)7-8-4-5-10(19-8)15(17)18/h1-6H,7H2. The van der Waals surface area contributed by atoms with E-state index in [0.29, 0.717) is 11.4 Å². The van der Waals surface area contributed by atoms with Crippen LogP contribution in [0.3, 0.4) is 0 Å². The lowest BCUT2D eigenvalue weighted by Crippen LogP contribution is -2.21. The Labute approximate surface area is 105 Å². The van der Waals surface area contributed by atoms with Gasteiger partial charge in [0.25, 0.3) is 0 Å². The fourth-order valence-corrected chi connectivity index (χ4v) is 1.77. The Morgan fingerprint density at radius 2 is 2.16 bits per heavy atom. The van der Waals surface area contributed by atoms with Crippen LogP contribution in [0.5, 0.6) is 0 Å². The Morgan fingerprint density at radius 3 is 2.84 bits per heavy atom. The SMILES string of the molecule is O=c1n(Cc2ccc([N+](=O)[O-])o2)nc2ccccn12. The van der Waals surface area contributed by atoms with Crippen molar-refractivity contribution in [1.82, 2.24) is 14.2 Å². The fraction of sp³-hybridized carbons (Fsp3) is 0.0909. The molecule has 96 valence electrons. The second-order valence-electron chi connectivity index (χ2n) is 3.87. The van der Waals surface area contributed by atoms with Gasteiger partial charge in [-0.15, -0.1) is 5.10 Å². The molecule has 3 aromatic rings. The van der Waals surface area contributed by atoms with Crippen LogP contribution in [0.15, 0.2) is 45.7 Å². The Bertz CT molecular complexity index is 813. The van der Waals surface area contributed by atoms with Gasteiger partial charge in [0.05, 0.1) is 6.07 Å². The number of pyridine rings is 1. The molecule has 0 radical (unpaired) electrons. The number of fused-ring (bicyclic) bond motifs is 1. The number of nitrogens with zero attached hydrogens (tertiary/aromatic N) is 4. The first-order valence-electron chi connectivity index (χ1n) is 5.42. The van der Waals surface area contributed by atoms with Crippen LogP contribution >= 0.6 is 0 Å². The summed E-state index contributed by atoms with van der Waals surface area (Å²) >= 11 is 0. The van der Waals surface area contributed by atoms with E-state index in [4.69, 9.17) is 4.42 Å². The second-order valence-corrected chi connectivity index (χ2v) is 3.87. The van der Waals surface area contributed by atoms with E-state index in [9.17, 15) is 14.9 Å². The molecular formula is C11H8N4O4. The average Bonchev–Trinajstić information content (AvgIpc) is 2.97. The molecule has 19 heavy (non-hydrogen) atoms. The van der Waals surface area contributed by atoms with Crippen molar-refractivity contribution < 1.29 is 9.34 Å². The van der Waals surface area contributed by atoms with Crippen LogP contribution < -0.4 is 5.69 Å². The molecule has 0 atom stereocenters. The van der Waals surface area contributed by atoms with Crippen LogP contribution in [-0.4, -0.2) is 19.1 Å². The van der Waals surface area contributed by atoms with Crippen molar-refractivity contribution in [2.45, 2.75) is 6.54 Å². The first-order chi connectivity index (χ1) is 9.15. The molecule has 3 rings (SSSR count). The van der Waals surface area contributed by atoms with Gasteiger partial charge >= 0.3 is 11.6 Å². The Hall–Kier alpha value is -2.90. The van der Waals surface area contributed by atoms with Gasteiger partial charge < -0.3 is 4.42 Å². The van der Waals surface area contributed by atoms with E-state index in [2.05, 4.69) is 5.10 Å². The molecule has 0 aromatic carbocycles. The molecule has 3 aromatic heterocycles. The molecule has 0 saturated heterocycles. The van der Waals surface area contributed by atoms with Gasteiger partial charge in [-0.3, -0.25) is 14.5 Å². The summed E-state index contributed by atoms with van der Waals surface area (Å²) in [7, 11) is 0. The highest BCUT2D eigenvalue weighted by atomic mass is 16.6. The normalized spacial score (nSPS) is 10.9. The molecule has 8 nitrogen and oxygen atoms in total. The number of nitro groups is 1. The first-order valence-corrected chi connectivity index (χ1v) is 5.42. The summed E-state index contributed by atoms with van der Waals surface area (Å²) in [6.45, 7) is 0.0500. The maximum Gasteiger partial charge on any atom is 0.433 e. The van der Waals surface area contributed by atoms with Gasteiger partial charge in [-0.2, -0.15) is 0 Å². The molecule has 0 saturated carbocycles. The number of rotatable bonds is 3. The number of hydrogen-bond donors (Lipinski definition) is 0. The minimum Gasteiger partial charge on any atom is -0.404 e. The molecule has 0 amide bonds. The second kappa shape index (κ2) is 4.09. The summed E-state index contributed by atoms with van der Waals surface area (Å²) in [6, 6.07) is 7.88. The zero-order valence-electron chi connectivity index (χ0n) is 9.59. The third-order valence-electron chi connectivity index (χ3n) is 2.62. The lowest BCUT2D eigenvalue weighted by Gasteiger charge is -1.93. The largest absolute Gasteiger partial charge is 0.433 e. The fourth-order valence-electron chi connectivity index (χ4n) is 1.77. The molecule has 8 heteroatoms. The molecule has 3 heterocycles. The van der Waals surface area contributed by atoms with Crippen LogP contribution in [-0.2, 0) is 6.54 Å². The van der Waals surface area contributed by atoms with Crippen LogP contribution in [0.25, 0.3) is 5.65 Å². The first kappa shape index (κ1) is 11.2. The summed E-state index contributed by atoms with van der Waals surface area (Å²) in [5.41, 5.74) is 0.184. The van der Waals surface area contributed by atoms with E-state index >= 15 is 0 Å². The molecular weight excluding hydrogens is 252 g/mol. The monoisotopic (exact) mass is 260 g/mol. The van der Waals surface area contributed by atoms with Crippen molar-refractivity contribution in [2.75, 3.05) is 0 Å². The topological polar surface area (TPSA) is 95.6 Å². The van der Waals surface area contributed by atoms with E-state index in [0.717, 1.165) is 0 Å². The van der Waals surface area contributed by atoms with Gasteiger partial charge in [0.1, 0.15) is 17.2 Å². The van der Waals surface area contributed by atoms with Crippen molar-refractivity contribution in [3.63, 3.8) is 0 Å². The van der Waals surface area contributed by atoms with Crippen molar-refractivity contribution in [3.05, 3.63) is 62.9 Å². The van der Waals surface area contributed by atoms with Crippen LogP contribution in [0.1, 0.15) is 5.76 Å². The van der Waals surface area contributed by atoms with Gasteiger partial charge in [-0.05, 0) is 18.2 Å². The van der Waals surface area contributed by atoms with Crippen molar-refractivity contribution in [3.8, 4) is 0 Å². The third-order valence-corrected chi connectivity index (χ3v) is 2.62. The van der Waals surface area contributed by atoms with E-state index in [-0.39, 0.29) is 18.1 Å². The molecule has 0 aliphatic heterocycles. The van der Waals surface area contributed by atoms with Gasteiger partial charge in [0.15, 0.2) is 5.65 Å². The lowest BCUT2D eigenvalue weighted by molar-refractivity contribution is -0.402. The maximum atomic E-state index is 12.0. The Kier molecular flexibility index (Phi) is 2.41. The van der Waals surface area contributed by atoms with Crippen molar-refractivity contribution >= 4 is 11.5 Å². The van der Waals surface area contributed by atoms with E-state index in [1.54, 1.807) is 24.4 Å². The smallest absolute Gasteiger partial charge is 0.404 e. The summed E-state index contributed by atoms with van der Waals surface area (Å²) in [5.74, 6) is -0.0518. The molecule has 0 fully saturated rings. The van der Waals surface area contributed by atoms with Gasteiger partial charge in [0, 0.05) is 6.20 Å². The molecule has 0 spiro atoms. The van der Waals surface area contributed by atoms with Crippen LogP contribution in [0.4, 0.5) is 5.88 Å². The van der Waals surface area contributed by atoms with Gasteiger partial charge in [-0.25, -0.2) is 9.48 Å². The summed E-state index contributed by atoms with van der Waals surface area (Å²) in [4.78, 5) is 21.8. The Morgan fingerprint density at radius 1 is 1.32 bits per heavy atom. The molecule has 0 unspecified atom stereocenters. The maximum absolute atomic E-state index is 12.0. The van der Waals surface area contributed by atoms with Crippen LogP contribution in [0.2, 0.25) is 0 Å². The predicted octanol–water partition coefficient (Wildman–Crippen LogP) is 1.05. The predicted molar refractivity (Wildman–Crippen MR) is 63.9 cm³/mol. The summed E-state index contributed by atoms with van der Waals surface area (Å²) in [5, 5.41) is 14.6. The average molecular weight is 260 g/mol. The molecule has 0 bridgehead atoms. The quantitative estimate of drug-likeness (QED) is 0.518. The van der Waals surface area contributed by atoms with E-state index in [1.165, 1.54) is 21.2 Å². The summed E-state index contributed by atoms with van der Waals surface area (Å²) in [6.07, 6.45) is 1.60. The zero-order chi connectivity index (χ0) is 13.4. The molecule has 0 aliphatic rings.